The Hall–Kier alpha value is -2.41. The lowest BCUT2D eigenvalue weighted by molar-refractivity contribution is -0.122. The van der Waals surface area contributed by atoms with Crippen LogP contribution in [0.5, 0.6) is 0 Å². The van der Waals surface area contributed by atoms with E-state index >= 15 is 0 Å². The monoisotopic (exact) mass is 348 g/mol. The summed E-state index contributed by atoms with van der Waals surface area (Å²) in [4.78, 5) is 24.6. The van der Waals surface area contributed by atoms with Gasteiger partial charge in [-0.2, -0.15) is 8.78 Å². The molecule has 124 valence electrons. The van der Waals surface area contributed by atoms with E-state index in [1.54, 1.807) is 18.2 Å². The summed E-state index contributed by atoms with van der Waals surface area (Å²) >= 11 is 0.446. The van der Waals surface area contributed by atoms with Crippen molar-refractivity contribution in [3.8, 4) is 0 Å². The molecule has 2 aromatic carbocycles. The van der Waals surface area contributed by atoms with Gasteiger partial charge >= 0.3 is 0 Å². The van der Waals surface area contributed by atoms with Crippen molar-refractivity contribution in [2.75, 3.05) is 10.6 Å². The fourth-order valence-corrected chi connectivity index (χ4v) is 3.09. The van der Waals surface area contributed by atoms with Crippen molar-refractivity contribution in [1.82, 2.24) is 0 Å². The quantitative estimate of drug-likeness (QED) is 0.801. The fraction of sp³-hybridized carbons (Fsp3) is 0.176. The Balaban J connectivity index is 1.63. The number of anilines is 2. The maximum atomic E-state index is 12.3. The van der Waals surface area contributed by atoms with Crippen LogP contribution >= 0.6 is 11.8 Å². The molecule has 2 N–H and O–H groups in total. The van der Waals surface area contributed by atoms with E-state index in [1.807, 2.05) is 18.2 Å². The molecular weight excluding hydrogens is 334 g/mol. The number of rotatable bonds is 5. The predicted octanol–water partition coefficient (Wildman–Crippen LogP) is 4.07. The molecule has 2 aromatic rings. The topological polar surface area (TPSA) is 58.2 Å². The first kappa shape index (κ1) is 16.4. The van der Waals surface area contributed by atoms with Gasteiger partial charge in [-0.05, 0) is 35.9 Å². The van der Waals surface area contributed by atoms with Crippen LogP contribution in [0.1, 0.15) is 17.9 Å². The van der Waals surface area contributed by atoms with Crippen LogP contribution in [0.2, 0.25) is 0 Å². The smallest absolute Gasteiger partial charge is 0.288 e. The van der Waals surface area contributed by atoms with E-state index in [-0.39, 0.29) is 18.2 Å². The minimum Gasteiger partial charge on any atom is -0.326 e. The Morgan fingerprint density at radius 2 is 1.88 bits per heavy atom. The van der Waals surface area contributed by atoms with Crippen LogP contribution in [0.3, 0.4) is 0 Å². The van der Waals surface area contributed by atoms with Crippen molar-refractivity contribution in [2.24, 2.45) is 0 Å². The first-order chi connectivity index (χ1) is 11.5. The standard InChI is InChI=1S/C17H14F2N2O2S/c18-17(19)24-11-7-5-10(6-8-11)20-15(22)9-13-12-3-1-2-4-14(12)21-16(13)23/h1-8,13,17H,9H2,(H,20,22)(H,21,23)/t13-/m1/s1. The fourth-order valence-electron chi connectivity index (χ4n) is 2.60. The highest BCUT2D eigenvalue weighted by atomic mass is 32.2. The van der Waals surface area contributed by atoms with Crippen molar-refractivity contribution < 1.29 is 18.4 Å². The molecule has 4 nitrogen and oxygen atoms in total. The number of alkyl halides is 2. The summed E-state index contributed by atoms with van der Waals surface area (Å²) in [6.07, 6.45) is 0.0242. The first-order valence-corrected chi connectivity index (χ1v) is 8.15. The summed E-state index contributed by atoms with van der Waals surface area (Å²) in [5.74, 6) is -3.50. The normalized spacial score (nSPS) is 16.0. The summed E-state index contributed by atoms with van der Waals surface area (Å²) < 4.78 is 24.5. The van der Waals surface area contributed by atoms with Crippen LogP contribution < -0.4 is 10.6 Å². The van der Waals surface area contributed by atoms with Crippen LogP contribution in [-0.4, -0.2) is 17.6 Å². The zero-order valence-electron chi connectivity index (χ0n) is 12.5. The number of halogens is 2. The molecule has 1 aliphatic rings. The molecule has 0 aliphatic carbocycles. The summed E-state index contributed by atoms with van der Waals surface area (Å²) in [5, 5.41) is 5.43. The van der Waals surface area contributed by atoms with Gasteiger partial charge in [-0.1, -0.05) is 30.0 Å². The molecule has 1 heterocycles. The van der Waals surface area contributed by atoms with Crippen LogP contribution in [0.4, 0.5) is 20.2 Å². The van der Waals surface area contributed by atoms with Crippen molar-refractivity contribution in [1.29, 1.82) is 0 Å². The van der Waals surface area contributed by atoms with Crippen LogP contribution in [-0.2, 0) is 9.59 Å². The molecule has 2 amide bonds. The molecule has 0 aromatic heterocycles. The number of hydrogen-bond acceptors (Lipinski definition) is 3. The SMILES string of the molecule is O=C(C[C@H]1C(=O)Nc2ccccc21)Nc1ccc(SC(F)F)cc1. The molecule has 0 saturated carbocycles. The van der Waals surface area contributed by atoms with Gasteiger partial charge in [0.15, 0.2) is 0 Å². The number of thioether (sulfide) groups is 1. The molecule has 0 saturated heterocycles. The third-order valence-corrected chi connectivity index (χ3v) is 4.39. The molecule has 0 fully saturated rings. The van der Waals surface area contributed by atoms with E-state index in [0.717, 1.165) is 11.3 Å². The van der Waals surface area contributed by atoms with E-state index < -0.39 is 11.7 Å². The van der Waals surface area contributed by atoms with Crippen LogP contribution in [0.15, 0.2) is 53.4 Å². The maximum Gasteiger partial charge on any atom is 0.288 e. The minimum atomic E-state index is -2.48. The molecule has 0 unspecified atom stereocenters. The summed E-state index contributed by atoms with van der Waals surface area (Å²) in [5.41, 5.74) is 2.04. The molecular formula is C17H14F2N2O2S. The summed E-state index contributed by atoms with van der Waals surface area (Å²) in [7, 11) is 0. The second kappa shape index (κ2) is 7.00. The Morgan fingerprint density at radius 3 is 2.58 bits per heavy atom. The molecule has 0 spiro atoms. The average molecular weight is 348 g/mol. The van der Waals surface area contributed by atoms with E-state index in [4.69, 9.17) is 0 Å². The van der Waals surface area contributed by atoms with E-state index in [0.29, 0.717) is 22.3 Å². The second-order valence-corrected chi connectivity index (χ2v) is 6.35. The molecule has 3 rings (SSSR count). The molecule has 7 heteroatoms. The lowest BCUT2D eigenvalue weighted by Crippen LogP contribution is -2.20. The van der Waals surface area contributed by atoms with E-state index in [2.05, 4.69) is 10.6 Å². The van der Waals surface area contributed by atoms with Gasteiger partial charge in [0.2, 0.25) is 11.8 Å². The molecule has 24 heavy (non-hydrogen) atoms. The third kappa shape index (κ3) is 3.73. The summed E-state index contributed by atoms with van der Waals surface area (Å²) in [6, 6.07) is 13.4. The van der Waals surface area contributed by atoms with Crippen molar-refractivity contribution >= 4 is 35.0 Å². The van der Waals surface area contributed by atoms with Crippen LogP contribution in [0.25, 0.3) is 0 Å². The van der Waals surface area contributed by atoms with E-state index in [1.165, 1.54) is 12.1 Å². The zero-order chi connectivity index (χ0) is 17.1. The lowest BCUT2D eigenvalue weighted by Gasteiger charge is -2.10. The second-order valence-electron chi connectivity index (χ2n) is 5.28. The number of amides is 2. The summed E-state index contributed by atoms with van der Waals surface area (Å²) in [6.45, 7) is 0. The van der Waals surface area contributed by atoms with Gasteiger partial charge in [-0.25, -0.2) is 0 Å². The molecule has 0 bridgehead atoms. The number of carbonyl (C=O) groups is 2. The van der Waals surface area contributed by atoms with Crippen molar-refractivity contribution in [2.45, 2.75) is 23.0 Å². The Morgan fingerprint density at radius 1 is 1.17 bits per heavy atom. The number of hydrogen-bond donors (Lipinski definition) is 2. The average Bonchev–Trinajstić information content (AvgIpc) is 2.85. The van der Waals surface area contributed by atoms with Gasteiger partial charge in [-0.15, -0.1) is 0 Å². The minimum absolute atomic E-state index is 0.0242. The van der Waals surface area contributed by atoms with E-state index in [9.17, 15) is 18.4 Å². The molecule has 1 aliphatic heterocycles. The highest BCUT2D eigenvalue weighted by Crippen LogP contribution is 2.34. The van der Waals surface area contributed by atoms with Crippen LogP contribution in [0, 0.1) is 0 Å². The third-order valence-electron chi connectivity index (χ3n) is 3.66. The first-order valence-electron chi connectivity index (χ1n) is 7.27. The lowest BCUT2D eigenvalue weighted by atomic mass is 9.97. The largest absolute Gasteiger partial charge is 0.326 e. The van der Waals surface area contributed by atoms with Gasteiger partial charge < -0.3 is 10.6 Å². The van der Waals surface area contributed by atoms with Gasteiger partial charge in [-0.3, -0.25) is 9.59 Å². The molecule has 1 atom stereocenters. The van der Waals surface area contributed by atoms with Gasteiger partial charge in [0.1, 0.15) is 0 Å². The van der Waals surface area contributed by atoms with Gasteiger partial charge in [0, 0.05) is 22.7 Å². The maximum absolute atomic E-state index is 12.3. The van der Waals surface area contributed by atoms with Gasteiger partial charge in [0.25, 0.3) is 5.76 Å². The molecule has 0 radical (unpaired) electrons. The van der Waals surface area contributed by atoms with Gasteiger partial charge in [0.05, 0.1) is 5.92 Å². The number of fused-ring (bicyclic) bond motifs is 1. The number of benzene rings is 2. The van der Waals surface area contributed by atoms with Crippen molar-refractivity contribution in [3.63, 3.8) is 0 Å². The number of nitrogens with one attached hydrogen (secondary N) is 2. The number of para-hydroxylation sites is 1. The van der Waals surface area contributed by atoms with Crippen molar-refractivity contribution in [3.05, 3.63) is 54.1 Å². The number of carbonyl (C=O) groups excluding carboxylic acids is 2. The highest BCUT2D eigenvalue weighted by Gasteiger charge is 2.31. The Labute approximate surface area is 141 Å². The Kier molecular flexibility index (Phi) is 4.80. The zero-order valence-corrected chi connectivity index (χ0v) is 13.3. The highest BCUT2D eigenvalue weighted by molar-refractivity contribution is 7.99. The predicted molar refractivity (Wildman–Crippen MR) is 89.4 cm³/mol. The Bertz CT molecular complexity index is 765.